The van der Waals surface area contributed by atoms with Crippen molar-refractivity contribution in [2.45, 2.75) is 30.6 Å². The molecule has 1 N–H and O–H groups in total. The number of hydrogen-bond acceptors (Lipinski definition) is 2. The van der Waals surface area contributed by atoms with Crippen LogP contribution >= 0.6 is 35.4 Å². The first kappa shape index (κ1) is 20.1. The molecule has 27 heavy (non-hydrogen) atoms. The number of hydrogen-bond donors (Lipinski definition) is 1. The quantitative estimate of drug-likeness (QED) is 0.541. The molecule has 142 valence electrons. The lowest BCUT2D eigenvalue weighted by Gasteiger charge is -2.26. The zero-order valence-corrected chi connectivity index (χ0v) is 17.4. The van der Waals surface area contributed by atoms with Crippen LogP contribution in [0.25, 0.3) is 0 Å². The van der Waals surface area contributed by atoms with Gasteiger partial charge in [0, 0.05) is 13.1 Å². The maximum Gasteiger partial charge on any atom is 0.235 e. The standard InChI is InChI=1S/C21H22Cl2N2OS/c1-20(15-21(20,22)23)18(26)24-19(27)25(14-17-10-6-3-7-11-17)13-12-16-8-4-2-5-9-16/h2-11H,12-15H2,1H3,(H,24,26,27)/t20-/m1/s1. The van der Waals surface area contributed by atoms with Gasteiger partial charge < -0.3 is 10.2 Å². The average Bonchev–Trinajstić information content (AvgIpc) is 3.19. The summed E-state index contributed by atoms with van der Waals surface area (Å²) in [6.45, 7) is 3.08. The fraction of sp³-hybridized carbons (Fsp3) is 0.333. The van der Waals surface area contributed by atoms with Gasteiger partial charge in [-0.05, 0) is 43.1 Å². The summed E-state index contributed by atoms with van der Waals surface area (Å²) < 4.78 is -1.01. The molecule has 1 aliphatic rings. The van der Waals surface area contributed by atoms with Gasteiger partial charge in [-0.15, -0.1) is 23.2 Å². The molecule has 1 fully saturated rings. The van der Waals surface area contributed by atoms with Crippen LogP contribution in [0.15, 0.2) is 60.7 Å². The molecule has 3 nitrogen and oxygen atoms in total. The zero-order valence-electron chi connectivity index (χ0n) is 15.1. The maximum atomic E-state index is 12.6. The largest absolute Gasteiger partial charge is 0.344 e. The minimum absolute atomic E-state index is 0.227. The van der Waals surface area contributed by atoms with Crippen molar-refractivity contribution in [3.8, 4) is 0 Å². The number of carbonyl (C=O) groups excluding carboxylic acids is 1. The predicted octanol–water partition coefficient (Wildman–Crippen LogP) is 4.72. The number of halogens is 2. The first-order valence-corrected chi connectivity index (χ1v) is 10.0. The Hall–Kier alpha value is -1.62. The van der Waals surface area contributed by atoms with E-state index in [1.54, 1.807) is 6.92 Å². The summed E-state index contributed by atoms with van der Waals surface area (Å²) in [5.74, 6) is -0.227. The molecule has 0 unspecified atom stereocenters. The van der Waals surface area contributed by atoms with Crippen LogP contribution in [0, 0.1) is 5.41 Å². The van der Waals surface area contributed by atoms with Crippen LogP contribution in [0.3, 0.4) is 0 Å². The Morgan fingerprint density at radius 3 is 2.11 bits per heavy atom. The minimum Gasteiger partial charge on any atom is -0.344 e. The van der Waals surface area contributed by atoms with E-state index in [-0.39, 0.29) is 5.91 Å². The molecular formula is C21H22Cl2N2OS. The van der Waals surface area contributed by atoms with Gasteiger partial charge in [-0.3, -0.25) is 4.79 Å². The number of amides is 1. The zero-order chi connectivity index (χ0) is 19.5. The summed E-state index contributed by atoms with van der Waals surface area (Å²) in [5, 5.41) is 3.24. The number of rotatable bonds is 6. The predicted molar refractivity (Wildman–Crippen MR) is 115 cm³/mol. The normalized spacial score (nSPS) is 20.0. The first-order chi connectivity index (χ1) is 12.8. The molecule has 0 heterocycles. The molecular weight excluding hydrogens is 399 g/mol. The smallest absolute Gasteiger partial charge is 0.235 e. The Morgan fingerprint density at radius 2 is 1.59 bits per heavy atom. The Morgan fingerprint density at radius 1 is 1.07 bits per heavy atom. The number of thiocarbonyl (C=S) groups is 1. The monoisotopic (exact) mass is 420 g/mol. The lowest BCUT2D eigenvalue weighted by molar-refractivity contribution is -0.124. The molecule has 0 saturated heterocycles. The van der Waals surface area contributed by atoms with E-state index in [0.717, 1.165) is 12.0 Å². The van der Waals surface area contributed by atoms with E-state index in [1.807, 2.05) is 53.4 Å². The van der Waals surface area contributed by atoms with Gasteiger partial charge in [0.2, 0.25) is 5.91 Å². The highest BCUT2D eigenvalue weighted by Crippen LogP contribution is 2.63. The van der Waals surface area contributed by atoms with E-state index in [9.17, 15) is 4.79 Å². The SMILES string of the molecule is C[C@]1(C(=O)NC(=S)N(CCc2ccccc2)Cc2ccccc2)CC1(Cl)Cl. The number of carbonyl (C=O) groups is 1. The van der Waals surface area contributed by atoms with Gasteiger partial charge in [0.1, 0.15) is 4.33 Å². The molecule has 1 amide bonds. The van der Waals surface area contributed by atoms with Crippen LogP contribution in [0.5, 0.6) is 0 Å². The third kappa shape index (κ3) is 4.81. The van der Waals surface area contributed by atoms with Crippen LogP contribution in [0.1, 0.15) is 24.5 Å². The molecule has 2 aromatic carbocycles. The van der Waals surface area contributed by atoms with E-state index >= 15 is 0 Å². The van der Waals surface area contributed by atoms with Crippen molar-refractivity contribution < 1.29 is 4.79 Å². The summed E-state index contributed by atoms with van der Waals surface area (Å²) in [7, 11) is 0. The summed E-state index contributed by atoms with van der Waals surface area (Å²) in [6, 6.07) is 20.3. The molecule has 2 aromatic rings. The van der Waals surface area contributed by atoms with Gasteiger partial charge in [-0.2, -0.15) is 0 Å². The van der Waals surface area contributed by atoms with E-state index < -0.39 is 9.75 Å². The van der Waals surface area contributed by atoms with Crippen LogP contribution in [0.4, 0.5) is 0 Å². The first-order valence-electron chi connectivity index (χ1n) is 8.88. The molecule has 0 bridgehead atoms. The molecule has 3 rings (SSSR count). The van der Waals surface area contributed by atoms with Crippen LogP contribution in [0.2, 0.25) is 0 Å². The Balaban J connectivity index is 1.68. The highest BCUT2D eigenvalue weighted by atomic mass is 35.5. The number of nitrogens with zero attached hydrogens (tertiary/aromatic N) is 1. The van der Waals surface area contributed by atoms with Gasteiger partial charge in [0.15, 0.2) is 5.11 Å². The number of nitrogens with one attached hydrogen (secondary N) is 1. The van der Waals surface area contributed by atoms with Crippen LogP contribution in [-0.2, 0) is 17.8 Å². The van der Waals surface area contributed by atoms with Gasteiger partial charge in [-0.25, -0.2) is 0 Å². The average molecular weight is 421 g/mol. The van der Waals surface area contributed by atoms with Crippen molar-refractivity contribution in [2.24, 2.45) is 5.41 Å². The summed E-state index contributed by atoms with van der Waals surface area (Å²) in [4.78, 5) is 14.6. The van der Waals surface area contributed by atoms with Crippen LogP contribution in [-0.4, -0.2) is 26.8 Å². The highest BCUT2D eigenvalue weighted by Gasteiger charge is 2.68. The topological polar surface area (TPSA) is 32.3 Å². The lowest BCUT2D eigenvalue weighted by atomic mass is 10.1. The second-order valence-corrected chi connectivity index (χ2v) is 8.99. The van der Waals surface area contributed by atoms with Gasteiger partial charge in [0.25, 0.3) is 0 Å². The van der Waals surface area contributed by atoms with Crippen molar-refractivity contribution >= 4 is 46.4 Å². The fourth-order valence-corrected chi connectivity index (χ4v) is 3.88. The van der Waals surface area contributed by atoms with Gasteiger partial charge >= 0.3 is 0 Å². The summed E-state index contributed by atoms with van der Waals surface area (Å²) in [6.07, 6.45) is 1.26. The molecule has 1 atom stereocenters. The molecule has 6 heteroatoms. The summed E-state index contributed by atoms with van der Waals surface area (Å²) >= 11 is 17.8. The van der Waals surface area contributed by atoms with E-state index in [4.69, 9.17) is 35.4 Å². The van der Waals surface area contributed by atoms with Gasteiger partial charge in [0.05, 0.1) is 5.41 Å². The minimum atomic E-state index is -1.01. The second-order valence-electron chi connectivity index (χ2n) is 7.12. The van der Waals surface area contributed by atoms with Crippen molar-refractivity contribution in [3.05, 3.63) is 71.8 Å². The van der Waals surface area contributed by atoms with Crippen LogP contribution < -0.4 is 5.32 Å². The Kier molecular flexibility index (Phi) is 6.09. The van der Waals surface area contributed by atoms with E-state index in [0.29, 0.717) is 24.6 Å². The number of benzene rings is 2. The molecule has 0 aromatic heterocycles. The number of alkyl halides is 2. The van der Waals surface area contributed by atoms with E-state index in [2.05, 4.69) is 17.4 Å². The van der Waals surface area contributed by atoms with Crippen molar-refractivity contribution in [3.63, 3.8) is 0 Å². The molecule has 0 radical (unpaired) electrons. The molecule has 0 aliphatic heterocycles. The third-order valence-electron chi connectivity index (χ3n) is 5.00. The van der Waals surface area contributed by atoms with E-state index in [1.165, 1.54) is 5.56 Å². The van der Waals surface area contributed by atoms with Crippen molar-refractivity contribution in [1.82, 2.24) is 10.2 Å². The Bertz CT molecular complexity index is 813. The van der Waals surface area contributed by atoms with Crippen molar-refractivity contribution in [2.75, 3.05) is 6.54 Å². The lowest BCUT2D eigenvalue weighted by Crippen LogP contribution is -2.46. The molecule has 1 saturated carbocycles. The highest BCUT2D eigenvalue weighted by molar-refractivity contribution is 7.80. The Labute approximate surface area is 175 Å². The molecule has 0 spiro atoms. The maximum absolute atomic E-state index is 12.6. The van der Waals surface area contributed by atoms with Crippen molar-refractivity contribution in [1.29, 1.82) is 0 Å². The van der Waals surface area contributed by atoms with Gasteiger partial charge in [-0.1, -0.05) is 60.7 Å². The third-order valence-corrected chi connectivity index (χ3v) is 6.46. The second kappa shape index (κ2) is 8.17. The summed E-state index contributed by atoms with van der Waals surface area (Å²) in [5.41, 5.74) is 1.56. The fourth-order valence-electron chi connectivity index (χ4n) is 2.93. The molecule has 1 aliphatic carbocycles.